The molecule has 0 aromatic heterocycles. The molecule has 0 bridgehead atoms. The van der Waals surface area contributed by atoms with Crippen LogP contribution in [0.1, 0.15) is 50.7 Å². The van der Waals surface area contributed by atoms with Crippen molar-refractivity contribution in [1.29, 1.82) is 0 Å². The first-order valence-corrected chi connectivity index (χ1v) is 7.91. The number of aryl methyl sites for hydroxylation is 2. The molecule has 102 valence electrons. The van der Waals surface area contributed by atoms with E-state index in [-0.39, 0.29) is 0 Å². The van der Waals surface area contributed by atoms with Crippen molar-refractivity contribution in [2.45, 2.75) is 53.4 Å². The molecule has 0 aliphatic heterocycles. The van der Waals surface area contributed by atoms with E-state index in [2.05, 4.69) is 60.7 Å². The smallest absolute Gasteiger partial charge is 0.0426 e. The average molecular weight is 312 g/mol. The fourth-order valence-corrected chi connectivity index (χ4v) is 3.12. The van der Waals surface area contributed by atoms with Gasteiger partial charge in [-0.05, 0) is 49.9 Å². The highest BCUT2D eigenvalue weighted by molar-refractivity contribution is 9.10. The molecule has 0 heterocycles. The molecule has 0 radical (unpaired) electrons. The predicted molar refractivity (Wildman–Crippen MR) is 85.6 cm³/mol. The minimum Gasteiger partial charge on any atom is -0.371 e. The maximum Gasteiger partial charge on any atom is 0.0426 e. The highest BCUT2D eigenvalue weighted by atomic mass is 79.9. The topological polar surface area (TPSA) is 3.24 Å². The highest BCUT2D eigenvalue weighted by Gasteiger charge is 2.12. The van der Waals surface area contributed by atoms with E-state index in [1.807, 2.05) is 0 Å². The summed E-state index contributed by atoms with van der Waals surface area (Å²) in [6, 6.07) is 4.46. The van der Waals surface area contributed by atoms with Crippen molar-refractivity contribution in [3.63, 3.8) is 0 Å². The van der Waals surface area contributed by atoms with Crippen LogP contribution in [-0.4, -0.2) is 13.1 Å². The molecule has 1 rings (SSSR count). The number of hydrogen-bond donors (Lipinski definition) is 0. The monoisotopic (exact) mass is 311 g/mol. The number of unbranched alkanes of at least 4 members (excludes halogenated alkanes) is 2. The highest BCUT2D eigenvalue weighted by Crippen LogP contribution is 2.29. The second kappa shape index (κ2) is 7.83. The van der Waals surface area contributed by atoms with Gasteiger partial charge < -0.3 is 4.90 Å². The van der Waals surface area contributed by atoms with Crippen LogP contribution in [0.3, 0.4) is 0 Å². The Labute approximate surface area is 121 Å². The minimum atomic E-state index is 1.18. The molecule has 0 N–H and O–H groups in total. The zero-order valence-corrected chi connectivity index (χ0v) is 13.8. The summed E-state index contributed by atoms with van der Waals surface area (Å²) in [6.07, 6.45) is 5.08. The van der Waals surface area contributed by atoms with Crippen molar-refractivity contribution >= 4 is 21.6 Å². The van der Waals surface area contributed by atoms with Gasteiger partial charge in [0, 0.05) is 23.2 Å². The van der Waals surface area contributed by atoms with Gasteiger partial charge in [0.05, 0.1) is 0 Å². The molecule has 0 fully saturated rings. The molecule has 0 aliphatic rings. The Morgan fingerprint density at radius 3 is 1.78 bits per heavy atom. The quantitative estimate of drug-likeness (QED) is 0.645. The second-order valence-electron chi connectivity index (χ2n) is 5.08. The van der Waals surface area contributed by atoms with Gasteiger partial charge in [-0.3, -0.25) is 0 Å². The van der Waals surface area contributed by atoms with Crippen molar-refractivity contribution in [2.75, 3.05) is 18.0 Å². The molecule has 0 aliphatic carbocycles. The molecule has 0 saturated heterocycles. The van der Waals surface area contributed by atoms with Crippen LogP contribution < -0.4 is 4.90 Å². The lowest BCUT2D eigenvalue weighted by atomic mass is 10.1. The number of anilines is 1. The Morgan fingerprint density at radius 1 is 0.944 bits per heavy atom. The fourth-order valence-electron chi connectivity index (χ4n) is 2.44. The maximum absolute atomic E-state index is 3.58. The van der Waals surface area contributed by atoms with E-state index >= 15 is 0 Å². The lowest BCUT2D eigenvalue weighted by Gasteiger charge is -2.28. The summed E-state index contributed by atoms with van der Waals surface area (Å²) in [5.74, 6) is 0. The van der Waals surface area contributed by atoms with Crippen LogP contribution in [-0.2, 0) is 0 Å². The summed E-state index contributed by atoms with van der Waals surface area (Å²) in [5, 5.41) is 0. The first-order valence-electron chi connectivity index (χ1n) is 7.11. The minimum absolute atomic E-state index is 1.18. The van der Waals surface area contributed by atoms with Crippen molar-refractivity contribution < 1.29 is 0 Å². The number of hydrogen-bond acceptors (Lipinski definition) is 1. The predicted octanol–water partition coefficient (Wildman–Crippen LogP) is 5.47. The third kappa shape index (κ3) is 4.31. The number of benzene rings is 1. The van der Waals surface area contributed by atoms with E-state index in [4.69, 9.17) is 0 Å². The third-order valence-corrected chi connectivity index (χ3v) is 3.79. The Balaban J connectivity index is 2.95. The van der Waals surface area contributed by atoms with Crippen LogP contribution in [0.2, 0.25) is 0 Å². The van der Waals surface area contributed by atoms with Gasteiger partial charge in [-0.15, -0.1) is 0 Å². The zero-order valence-electron chi connectivity index (χ0n) is 12.2. The van der Waals surface area contributed by atoms with Gasteiger partial charge in [0.2, 0.25) is 0 Å². The zero-order chi connectivity index (χ0) is 13.5. The summed E-state index contributed by atoms with van der Waals surface area (Å²) in [6.45, 7) is 11.3. The second-order valence-corrected chi connectivity index (χ2v) is 6.00. The van der Waals surface area contributed by atoms with E-state index in [9.17, 15) is 0 Å². The lowest BCUT2D eigenvalue weighted by Crippen LogP contribution is -2.27. The van der Waals surface area contributed by atoms with Gasteiger partial charge in [-0.1, -0.05) is 42.6 Å². The van der Waals surface area contributed by atoms with E-state index in [1.54, 1.807) is 0 Å². The molecule has 0 amide bonds. The molecule has 0 atom stereocenters. The summed E-state index contributed by atoms with van der Waals surface area (Å²) in [5.41, 5.74) is 4.21. The van der Waals surface area contributed by atoms with Gasteiger partial charge in [-0.2, -0.15) is 0 Å². The lowest BCUT2D eigenvalue weighted by molar-refractivity contribution is 0.675. The van der Waals surface area contributed by atoms with Crippen LogP contribution in [0.15, 0.2) is 16.6 Å². The van der Waals surface area contributed by atoms with Crippen molar-refractivity contribution in [2.24, 2.45) is 0 Å². The molecule has 1 aromatic carbocycles. The summed E-state index contributed by atoms with van der Waals surface area (Å²) >= 11 is 3.58. The van der Waals surface area contributed by atoms with E-state index < -0.39 is 0 Å². The van der Waals surface area contributed by atoms with Crippen molar-refractivity contribution in [1.82, 2.24) is 0 Å². The molecular formula is C16H26BrN. The van der Waals surface area contributed by atoms with Crippen LogP contribution in [0.25, 0.3) is 0 Å². The van der Waals surface area contributed by atoms with Crippen LogP contribution in [0, 0.1) is 13.8 Å². The Kier molecular flexibility index (Phi) is 6.77. The number of rotatable bonds is 7. The van der Waals surface area contributed by atoms with E-state index in [0.29, 0.717) is 0 Å². The first kappa shape index (κ1) is 15.6. The normalized spacial score (nSPS) is 10.7. The van der Waals surface area contributed by atoms with Gasteiger partial charge in [0.25, 0.3) is 0 Å². The average Bonchev–Trinajstić information content (AvgIpc) is 2.30. The molecular weight excluding hydrogens is 286 g/mol. The Bertz CT molecular complexity index is 342. The summed E-state index contributed by atoms with van der Waals surface area (Å²) in [7, 11) is 0. The molecule has 0 saturated carbocycles. The van der Waals surface area contributed by atoms with Gasteiger partial charge in [-0.25, -0.2) is 0 Å². The van der Waals surface area contributed by atoms with Gasteiger partial charge >= 0.3 is 0 Å². The maximum atomic E-state index is 3.58. The van der Waals surface area contributed by atoms with Gasteiger partial charge in [0.1, 0.15) is 0 Å². The van der Waals surface area contributed by atoms with E-state index in [0.717, 1.165) is 0 Å². The first-order chi connectivity index (χ1) is 8.60. The number of nitrogens with zero attached hydrogens (tertiary/aromatic N) is 1. The summed E-state index contributed by atoms with van der Waals surface area (Å²) in [4.78, 5) is 2.57. The SMILES string of the molecule is CCCCN(CCCC)c1c(C)cc(Br)cc1C. The standard InChI is InChI=1S/C16H26BrN/c1-5-7-9-18(10-8-6-2)16-13(3)11-15(17)12-14(16)4/h11-12H,5-10H2,1-4H3. The van der Waals surface area contributed by atoms with Crippen molar-refractivity contribution in [3.8, 4) is 0 Å². The fraction of sp³-hybridized carbons (Fsp3) is 0.625. The van der Waals surface area contributed by atoms with E-state index in [1.165, 1.54) is 60.1 Å². The van der Waals surface area contributed by atoms with Crippen molar-refractivity contribution in [3.05, 3.63) is 27.7 Å². The van der Waals surface area contributed by atoms with Crippen LogP contribution in [0.4, 0.5) is 5.69 Å². The van der Waals surface area contributed by atoms with Gasteiger partial charge in [0.15, 0.2) is 0 Å². The number of halogens is 1. The molecule has 1 aromatic rings. The largest absolute Gasteiger partial charge is 0.371 e. The molecule has 2 heteroatoms. The Morgan fingerprint density at radius 2 is 1.39 bits per heavy atom. The molecule has 18 heavy (non-hydrogen) atoms. The summed E-state index contributed by atoms with van der Waals surface area (Å²) < 4.78 is 1.19. The molecule has 0 spiro atoms. The van der Waals surface area contributed by atoms with Crippen LogP contribution in [0.5, 0.6) is 0 Å². The Hall–Kier alpha value is -0.500. The van der Waals surface area contributed by atoms with Crippen LogP contribution >= 0.6 is 15.9 Å². The molecule has 0 unspecified atom stereocenters. The third-order valence-electron chi connectivity index (χ3n) is 3.34. The molecule has 1 nitrogen and oxygen atoms in total.